The highest BCUT2D eigenvalue weighted by atomic mass is 19.1. The van der Waals surface area contributed by atoms with Gasteiger partial charge in [-0.05, 0) is 49.6 Å². The van der Waals surface area contributed by atoms with Gasteiger partial charge < -0.3 is 20.4 Å². The smallest absolute Gasteiger partial charge is 0.330 e. The van der Waals surface area contributed by atoms with E-state index in [4.69, 9.17) is 0 Å². The fourth-order valence-corrected chi connectivity index (χ4v) is 4.87. The van der Waals surface area contributed by atoms with Crippen LogP contribution >= 0.6 is 0 Å². The lowest BCUT2D eigenvalue weighted by atomic mass is 10.0. The molecule has 1 fully saturated rings. The molecule has 0 radical (unpaired) electrons. The number of aryl methyl sites for hydroxylation is 1. The van der Waals surface area contributed by atoms with Crippen LogP contribution in [-0.4, -0.2) is 56.5 Å². The van der Waals surface area contributed by atoms with Gasteiger partial charge in [-0.3, -0.25) is 9.36 Å². The first-order valence-electron chi connectivity index (χ1n) is 11.9. The molecule has 0 spiro atoms. The average Bonchev–Trinajstić information content (AvgIpc) is 3.43. The SMILES string of the molecule is Cc1ncc2n1C(=O)N(C1CCN(C(=O)C(NC(=O)Nc3ccc(F)cc3)c3ccccc3)CC1)C2. The van der Waals surface area contributed by atoms with Crippen LogP contribution in [0.2, 0.25) is 0 Å². The Kier molecular flexibility index (Phi) is 6.41. The third-order valence-corrected chi connectivity index (χ3v) is 6.75. The number of carbonyl (C=O) groups excluding carboxylic acids is 3. The highest BCUT2D eigenvalue weighted by Gasteiger charge is 2.37. The summed E-state index contributed by atoms with van der Waals surface area (Å²) in [6, 6.07) is 13.0. The van der Waals surface area contributed by atoms with Crippen LogP contribution in [0.1, 0.15) is 36.0 Å². The molecule has 2 aromatic carbocycles. The zero-order valence-corrected chi connectivity index (χ0v) is 19.9. The van der Waals surface area contributed by atoms with Gasteiger partial charge >= 0.3 is 12.1 Å². The summed E-state index contributed by atoms with van der Waals surface area (Å²) in [4.78, 5) is 46.9. The van der Waals surface area contributed by atoms with E-state index in [0.717, 1.165) is 5.69 Å². The summed E-state index contributed by atoms with van der Waals surface area (Å²) < 4.78 is 14.8. The first-order valence-corrected chi connectivity index (χ1v) is 11.9. The summed E-state index contributed by atoms with van der Waals surface area (Å²) in [7, 11) is 0. The molecule has 3 heterocycles. The van der Waals surface area contributed by atoms with Gasteiger partial charge in [0.25, 0.3) is 0 Å². The first-order chi connectivity index (χ1) is 17.4. The zero-order chi connectivity index (χ0) is 25.2. The van der Waals surface area contributed by atoms with Crippen molar-refractivity contribution in [3.05, 3.63) is 83.7 Å². The van der Waals surface area contributed by atoms with Crippen LogP contribution < -0.4 is 10.6 Å². The molecule has 4 amide bonds. The van der Waals surface area contributed by atoms with Crippen molar-refractivity contribution in [2.24, 2.45) is 0 Å². The van der Waals surface area contributed by atoms with Gasteiger partial charge in [-0.1, -0.05) is 30.3 Å². The third-order valence-electron chi connectivity index (χ3n) is 6.75. The quantitative estimate of drug-likeness (QED) is 0.570. The van der Waals surface area contributed by atoms with Crippen molar-refractivity contribution in [3.8, 4) is 0 Å². The summed E-state index contributed by atoms with van der Waals surface area (Å²) >= 11 is 0. The van der Waals surface area contributed by atoms with Crippen molar-refractivity contribution in [2.75, 3.05) is 18.4 Å². The van der Waals surface area contributed by atoms with Gasteiger partial charge in [0.1, 0.15) is 17.7 Å². The average molecular weight is 491 g/mol. The van der Waals surface area contributed by atoms with E-state index in [2.05, 4.69) is 15.6 Å². The van der Waals surface area contributed by atoms with E-state index >= 15 is 0 Å². The fraction of sp³-hybridized carbons (Fsp3) is 0.308. The lowest BCUT2D eigenvalue weighted by Gasteiger charge is -2.37. The maximum absolute atomic E-state index is 13.5. The molecular weight excluding hydrogens is 463 g/mol. The fourth-order valence-electron chi connectivity index (χ4n) is 4.87. The normalized spacial score (nSPS) is 16.6. The summed E-state index contributed by atoms with van der Waals surface area (Å²) in [6.45, 7) is 3.29. The van der Waals surface area contributed by atoms with Crippen LogP contribution in [0.4, 0.5) is 19.7 Å². The molecule has 0 bridgehead atoms. The molecule has 36 heavy (non-hydrogen) atoms. The standard InChI is InChI=1S/C26H27FN6O3/c1-17-28-15-22-16-32(26(36)33(17)22)21-11-13-31(14-12-21)24(34)23(18-5-3-2-4-6-18)30-25(35)29-20-9-7-19(27)8-10-20/h2-10,15,21,23H,11-14,16H2,1H3,(H2,29,30,35). The molecule has 1 saturated heterocycles. The zero-order valence-electron chi connectivity index (χ0n) is 19.9. The number of hydrogen-bond donors (Lipinski definition) is 2. The molecule has 2 aliphatic heterocycles. The number of anilines is 1. The molecule has 1 unspecified atom stereocenters. The molecule has 0 aliphatic carbocycles. The second-order valence-electron chi connectivity index (χ2n) is 9.05. The number of aromatic nitrogens is 2. The van der Waals surface area contributed by atoms with Crippen molar-refractivity contribution in [2.45, 2.75) is 38.4 Å². The minimum absolute atomic E-state index is 0.0331. The summed E-state index contributed by atoms with van der Waals surface area (Å²) in [5.41, 5.74) is 1.97. The molecule has 0 saturated carbocycles. The predicted octanol–water partition coefficient (Wildman–Crippen LogP) is 3.67. The Labute approximate surface area is 207 Å². The van der Waals surface area contributed by atoms with Gasteiger partial charge in [0.15, 0.2) is 0 Å². The molecule has 2 aliphatic rings. The molecule has 9 nitrogen and oxygen atoms in total. The second-order valence-corrected chi connectivity index (χ2v) is 9.05. The number of nitrogens with one attached hydrogen (secondary N) is 2. The van der Waals surface area contributed by atoms with Crippen LogP contribution in [-0.2, 0) is 11.3 Å². The van der Waals surface area contributed by atoms with E-state index in [-0.39, 0.29) is 18.0 Å². The molecule has 10 heteroatoms. The number of nitrogens with zero attached hydrogens (tertiary/aromatic N) is 4. The van der Waals surface area contributed by atoms with E-state index in [0.29, 0.717) is 49.6 Å². The van der Waals surface area contributed by atoms with Crippen LogP contribution in [0.3, 0.4) is 0 Å². The number of rotatable bonds is 5. The van der Waals surface area contributed by atoms with Crippen molar-refractivity contribution in [1.29, 1.82) is 0 Å². The molecule has 5 rings (SSSR count). The van der Waals surface area contributed by atoms with Crippen molar-refractivity contribution < 1.29 is 18.8 Å². The summed E-state index contributed by atoms with van der Waals surface area (Å²) in [5.74, 6) is 0.0616. The van der Waals surface area contributed by atoms with Crippen LogP contribution in [0.15, 0.2) is 60.8 Å². The summed E-state index contributed by atoms with van der Waals surface area (Å²) in [6.07, 6.45) is 3.04. The predicted molar refractivity (Wildman–Crippen MR) is 131 cm³/mol. The highest BCUT2D eigenvalue weighted by molar-refractivity contribution is 5.94. The van der Waals surface area contributed by atoms with E-state index in [9.17, 15) is 18.8 Å². The Morgan fingerprint density at radius 1 is 1.06 bits per heavy atom. The second kappa shape index (κ2) is 9.80. The molecule has 186 valence electrons. The van der Waals surface area contributed by atoms with Crippen LogP contribution in [0.25, 0.3) is 0 Å². The number of halogens is 1. The maximum Gasteiger partial charge on any atom is 0.330 e. The van der Waals surface area contributed by atoms with Gasteiger partial charge in [0.2, 0.25) is 5.91 Å². The number of benzene rings is 2. The Morgan fingerprint density at radius 2 is 1.75 bits per heavy atom. The Morgan fingerprint density at radius 3 is 2.42 bits per heavy atom. The number of piperidine rings is 1. The number of urea groups is 1. The van der Waals surface area contributed by atoms with Crippen molar-refractivity contribution in [1.82, 2.24) is 24.7 Å². The van der Waals surface area contributed by atoms with E-state index in [1.165, 1.54) is 24.3 Å². The van der Waals surface area contributed by atoms with Gasteiger partial charge in [0, 0.05) is 24.8 Å². The highest BCUT2D eigenvalue weighted by Crippen LogP contribution is 2.27. The van der Waals surface area contributed by atoms with E-state index < -0.39 is 17.9 Å². The monoisotopic (exact) mass is 490 g/mol. The number of imidazole rings is 1. The van der Waals surface area contributed by atoms with Crippen molar-refractivity contribution >= 4 is 23.7 Å². The minimum atomic E-state index is -0.883. The Hall–Kier alpha value is -4.21. The molecule has 1 atom stereocenters. The number of carbonyl (C=O) groups is 3. The van der Waals surface area contributed by atoms with Gasteiger partial charge in [-0.2, -0.15) is 0 Å². The van der Waals surface area contributed by atoms with Gasteiger partial charge in [-0.25, -0.2) is 19.0 Å². The topological polar surface area (TPSA) is 99.6 Å². The number of likely N-dealkylation sites (tertiary alicyclic amines) is 1. The van der Waals surface area contributed by atoms with Gasteiger partial charge in [0.05, 0.1) is 18.4 Å². The maximum atomic E-state index is 13.5. The first kappa shape index (κ1) is 23.5. The van der Waals surface area contributed by atoms with E-state index in [1.54, 1.807) is 27.8 Å². The molecular formula is C26H27FN6O3. The number of amides is 4. The van der Waals surface area contributed by atoms with Crippen molar-refractivity contribution in [3.63, 3.8) is 0 Å². The largest absolute Gasteiger partial charge is 0.340 e. The molecule has 2 N–H and O–H groups in total. The summed E-state index contributed by atoms with van der Waals surface area (Å²) in [5, 5.41) is 5.42. The Bertz CT molecular complexity index is 1270. The molecule has 1 aromatic heterocycles. The number of fused-ring (bicyclic) bond motifs is 1. The van der Waals surface area contributed by atoms with E-state index in [1.807, 2.05) is 30.0 Å². The lowest BCUT2D eigenvalue weighted by Crippen LogP contribution is -2.50. The minimum Gasteiger partial charge on any atom is -0.340 e. The molecule has 3 aromatic rings. The third kappa shape index (κ3) is 4.66. The van der Waals surface area contributed by atoms with Gasteiger partial charge in [-0.15, -0.1) is 0 Å². The lowest BCUT2D eigenvalue weighted by molar-refractivity contribution is -0.134. The Balaban J connectivity index is 1.24. The van der Waals surface area contributed by atoms with Crippen LogP contribution in [0, 0.1) is 12.7 Å². The van der Waals surface area contributed by atoms with Crippen LogP contribution in [0.5, 0.6) is 0 Å². The number of hydrogen-bond acceptors (Lipinski definition) is 4.